The van der Waals surface area contributed by atoms with Crippen molar-refractivity contribution in [1.29, 1.82) is 0 Å². The average molecular weight is 593 g/mol. The number of benzene rings is 3. The summed E-state index contributed by atoms with van der Waals surface area (Å²) in [7, 11) is 0. The zero-order chi connectivity index (χ0) is 29.5. The van der Waals surface area contributed by atoms with E-state index in [1.807, 2.05) is 61.5 Å². The van der Waals surface area contributed by atoms with Crippen LogP contribution in [-0.2, 0) is 4.79 Å². The van der Waals surface area contributed by atoms with Crippen LogP contribution in [0.3, 0.4) is 0 Å². The van der Waals surface area contributed by atoms with Crippen molar-refractivity contribution in [2.45, 2.75) is 33.7 Å². The zero-order valence-electron chi connectivity index (χ0n) is 23.7. The number of fused-ring (bicyclic) bond motifs is 1. The van der Waals surface area contributed by atoms with Gasteiger partial charge < -0.3 is 9.88 Å². The van der Waals surface area contributed by atoms with Crippen molar-refractivity contribution in [2.75, 3.05) is 5.32 Å². The van der Waals surface area contributed by atoms with Gasteiger partial charge in [0.25, 0.3) is 11.5 Å². The molecule has 2 aromatic heterocycles. The van der Waals surface area contributed by atoms with Crippen LogP contribution in [0.1, 0.15) is 41.0 Å². The molecule has 1 atom stereocenters. The largest absolute Gasteiger partial charge is 0.322 e. The Labute approximate surface area is 252 Å². The van der Waals surface area contributed by atoms with Crippen molar-refractivity contribution in [3.8, 4) is 5.69 Å². The highest BCUT2D eigenvalue weighted by atomic mass is 35.5. The molecule has 210 valence electrons. The van der Waals surface area contributed by atoms with Crippen LogP contribution in [0.5, 0.6) is 0 Å². The number of anilines is 1. The minimum Gasteiger partial charge on any atom is -0.322 e. The van der Waals surface area contributed by atoms with E-state index >= 15 is 0 Å². The van der Waals surface area contributed by atoms with Crippen LogP contribution in [0, 0.1) is 20.8 Å². The van der Waals surface area contributed by atoms with Crippen LogP contribution in [0.4, 0.5) is 5.69 Å². The van der Waals surface area contributed by atoms with Crippen molar-refractivity contribution in [2.24, 2.45) is 4.99 Å². The molecule has 3 heterocycles. The number of aryl methyl sites for hydroxylation is 2. The highest BCUT2D eigenvalue weighted by Gasteiger charge is 2.32. The SMILES string of the molecule is CC1=C(C(=O)Nc2ccccc2)[C@@H](c2ccc(Cl)cc2)n2c(s/c(=C/c3cc(C)n(-c4cccc(C)c4)c3C)c2=O)=N1. The molecule has 0 fully saturated rings. The summed E-state index contributed by atoms with van der Waals surface area (Å²) in [5.41, 5.74) is 7.56. The lowest BCUT2D eigenvalue weighted by molar-refractivity contribution is -0.113. The summed E-state index contributed by atoms with van der Waals surface area (Å²) in [5.74, 6) is -0.307. The van der Waals surface area contributed by atoms with E-state index in [2.05, 4.69) is 54.9 Å². The normalized spacial score (nSPS) is 15.0. The average Bonchev–Trinajstić information content (AvgIpc) is 3.42. The number of allylic oxidation sites excluding steroid dienone is 1. The number of nitrogens with zero attached hydrogens (tertiary/aromatic N) is 3. The lowest BCUT2D eigenvalue weighted by atomic mass is 9.95. The van der Waals surface area contributed by atoms with Crippen LogP contribution in [0.25, 0.3) is 11.8 Å². The maximum absolute atomic E-state index is 14.1. The lowest BCUT2D eigenvalue weighted by Crippen LogP contribution is -2.40. The quantitative estimate of drug-likeness (QED) is 0.262. The molecule has 1 N–H and O–H groups in total. The number of aromatic nitrogens is 2. The Bertz CT molecular complexity index is 2050. The number of halogens is 1. The van der Waals surface area contributed by atoms with E-state index in [0.717, 1.165) is 28.2 Å². The number of carbonyl (C=O) groups is 1. The number of hydrogen-bond donors (Lipinski definition) is 1. The molecule has 0 unspecified atom stereocenters. The molecule has 42 heavy (non-hydrogen) atoms. The Morgan fingerprint density at radius 2 is 1.69 bits per heavy atom. The van der Waals surface area contributed by atoms with E-state index in [4.69, 9.17) is 16.6 Å². The molecule has 0 saturated carbocycles. The van der Waals surface area contributed by atoms with E-state index in [1.54, 1.807) is 16.7 Å². The van der Waals surface area contributed by atoms with E-state index in [-0.39, 0.29) is 11.5 Å². The number of carbonyl (C=O) groups excluding carboxylic acids is 1. The molecule has 0 spiro atoms. The second kappa shape index (κ2) is 11.1. The highest BCUT2D eigenvalue weighted by molar-refractivity contribution is 7.07. The fraction of sp³-hybridized carbons (Fsp3) is 0.147. The zero-order valence-corrected chi connectivity index (χ0v) is 25.3. The first-order valence-electron chi connectivity index (χ1n) is 13.6. The van der Waals surface area contributed by atoms with Gasteiger partial charge in [-0.2, -0.15) is 0 Å². The van der Waals surface area contributed by atoms with Gasteiger partial charge in [0.2, 0.25) is 0 Å². The number of thiazole rings is 1. The standard InChI is InChI=1S/C34H29ClN4O2S/c1-20-9-8-12-28(17-20)38-21(2)18-25(23(38)4)19-29-33(41)39-31(24-13-15-26(35)16-14-24)30(22(3)36-34(39)42-29)32(40)37-27-10-6-5-7-11-27/h5-19,31H,1-4H3,(H,37,40)/b29-19+/t31-/m1/s1. The third kappa shape index (κ3) is 5.06. The van der Waals surface area contributed by atoms with E-state index in [1.165, 1.54) is 16.9 Å². The van der Waals surface area contributed by atoms with Gasteiger partial charge in [0.05, 0.1) is 21.8 Å². The van der Waals surface area contributed by atoms with E-state index < -0.39 is 6.04 Å². The molecule has 1 amide bonds. The molecule has 8 heteroatoms. The smallest absolute Gasteiger partial charge is 0.271 e. The molecule has 0 aliphatic carbocycles. The summed E-state index contributed by atoms with van der Waals surface area (Å²) in [5, 5.41) is 3.56. The molecular weight excluding hydrogens is 564 g/mol. The number of nitrogens with one attached hydrogen (secondary N) is 1. The Morgan fingerprint density at radius 1 is 0.952 bits per heavy atom. The molecule has 0 bridgehead atoms. The first-order valence-corrected chi connectivity index (χ1v) is 14.8. The van der Waals surface area contributed by atoms with Gasteiger partial charge in [0.15, 0.2) is 4.80 Å². The summed E-state index contributed by atoms with van der Waals surface area (Å²) in [6, 6.07) is 26.3. The van der Waals surface area contributed by atoms with E-state index in [9.17, 15) is 9.59 Å². The van der Waals surface area contributed by atoms with Crippen molar-refractivity contribution in [1.82, 2.24) is 9.13 Å². The van der Waals surface area contributed by atoms with E-state index in [0.29, 0.717) is 31.3 Å². The number of para-hydroxylation sites is 1. The topological polar surface area (TPSA) is 68.4 Å². The van der Waals surface area contributed by atoms with Crippen LogP contribution in [-0.4, -0.2) is 15.0 Å². The summed E-state index contributed by atoms with van der Waals surface area (Å²) in [6.45, 7) is 8.02. The third-order valence-electron chi connectivity index (χ3n) is 7.50. The second-order valence-corrected chi connectivity index (χ2v) is 11.9. The second-order valence-electron chi connectivity index (χ2n) is 10.5. The summed E-state index contributed by atoms with van der Waals surface area (Å²) >= 11 is 7.54. The first kappa shape index (κ1) is 27.7. The van der Waals surface area contributed by atoms with Gasteiger partial charge in [-0.15, -0.1) is 0 Å². The van der Waals surface area contributed by atoms with Crippen LogP contribution in [0.2, 0.25) is 5.02 Å². The molecule has 6 rings (SSSR count). The molecule has 1 aliphatic heterocycles. The molecule has 6 nitrogen and oxygen atoms in total. The predicted molar refractivity (Wildman–Crippen MR) is 170 cm³/mol. The number of hydrogen-bond acceptors (Lipinski definition) is 4. The monoisotopic (exact) mass is 592 g/mol. The van der Waals surface area contributed by atoms with Crippen molar-refractivity contribution in [3.05, 3.63) is 149 Å². The third-order valence-corrected chi connectivity index (χ3v) is 8.74. The Morgan fingerprint density at radius 3 is 2.40 bits per heavy atom. The maximum Gasteiger partial charge on any atom is 0.271 e. The van der Waals surface area contributed by atoms with Gasteiger partial charge in [0.1, 0.15) is 0 Å². The highest BCUT2D eigenvalue weighted by Crippen LogP contribution is 2.31. The molecule has 3 aromatic carbocycles. The fourth-order valence-electron chi connectivity index (χ4n) is 5.53. The fourth-order valence-corrected chi connectivity index (χ4v) is 6.70. The van der Waals surface area contributed by atoms with Crippen LogP contribution in [0.15, 0.2) is 106 Å². The van der Waals surface area contributed by atoms with Crippen molar-refractivity contribution in [3.63, 3.8) is 0 Å². The maximum atomic E-state index is 14.1. The van der Waals surface area contributed by atoms with Gasteiger partial charge in [-0.3, -0.25) is 14.2 Å². The van der Waals surface area contributed by atoms with Gasteiger partial charge >= 0.3 is 0 Å². The summed E-state index contributed by atoms with van der Waals surface area (Å²) < 4.78 is 4.38. The minimum atomic E-state index is -0.663. The Hall–Kier alpha value is -4.46. The first-order chi connectivity index (χ1) is 20.2. The van der Waals surface area contributed by atoms with Crippen LogP contribution >= 0.6 is 22.9 Å². The van der Waals surface area contributed by atoms with Crippen LogP contribution < -0.4 is 20.2 Å². The minimum absolute atomic E-state index is 0.198. The van der Waals surface area contributed by atoms with Gasteiger partial charge in [-0.05, 0) is 92.9 Å². The van der Waals surface area contributed by atoms with Gasteiger partial charge in [-0.25, -0.2) is 4.99 Å². The Kier molecular flexibility index (Phi) is 7.31. The predicted octanol–water partition coefficient (Wildman–Crippen LogP) is 6.24. The summed E-state index contributed by atoms with van der Waals surface area (Å²) in [6.07, 6.45) is 1.93. The van der Waals surface area contributed by atoms with Crippen molar-refractivity contribution >= 4 is 40.6 Å². The molecular formula is C34H29ClN4O2S. The molecule has 0 saturated heterocycles. The molecule has 1 aliphatic rings. The van der Waals surface area contributed by atoms with Gasteiger partial charge in [-0.1, -0.05) is 65.4 Å². The molecule has 0 radical (unpaired) electrons. The lowest BCUT2D eigenvalue weighted by Gasteiger charge is -2.25. The number of amides is 1. The molecule has 5 aromatic rings. The van der Waals surface area contributed by atoms with Crippen molar-refractivity contribution < 1.29 is 4.79 Å². The number of rotatable bonds is 5. The Balaban J connectivity index is 1.49. The summed E-state index contributed by atoms with van der Waals surface area (Å²) in [4.78, 5) is 33.1. The van der Waals surface area contributed by atoms with Gasteiger partial charge in [0, 0.05) is 27.8 Å².